The van der Waals surface area contributed by atoms with Gasteiger partial charge in [-0.3, -0.25) is 4.99 Å². The highest BCUT2D eigenvalue weighted by Gasteiger charge is 2.03. The van der Waals surface area contributed by atoms with Gasteiger partial charge < -0.3 is 10.2 Å². The molecule has 0 atom stereocenters. The van der Waals surface area contributed by atoms with Crippen LogP contribution in [0.5, 0.6) is 0 Å². The Morgan fingerprint density at radius 2 is 1.95 bits per heavy atom. The van der Waals surface area contributed by atoms with Crippen molar-refractivity contribution in [3.05, 3.63) is 35.9 Å². The molecular weight excluding hydrogens is 349 g/mol. The Bertz CT molecular complexity index is 352. The summed E-state index contributed by atoms with van der Waals surface area (Å²) in [5.41, 5.74) is 1.36. The van der Waals surface area contributed by atoms with Gasteiger partial charge in [-0.05, 0) is 18.4 Å². The first-order chi connectivity index (χ1) is 8.77. The van der Waals surface area contributed by atoms with Gasteiger partial charge in [0.1, 0.15) is 0 Å². The molecule has 4 heteroatoms. The molecule has 1 rings (SSSR count). The topological polar surface area (TPSA) is 27.6 Å². The van der Waals surface area contributed by atoms with Gasteiger partial charge in [0.2, 0.25) is 0 Å². The van der Waals surface area contributed by atoms with E-state index < -0.39 is 0 Å². The molecule has 0 radical (unpaired) electrons. The molecule has 19 heavy (non-hydrogen) atoms. The third kappa shape index (κ3) is 7.40. The molecule has 1 N–H and O–H groups in total. The molecule has 0 fully saturated rings. The van der Waals surface area contributed by atoms with E-state index in [9.17, 15) is 0 Å². The number of rotatable bonds is 6. The molecule has 0 saturated heterocycles. The molecule has 3 nitrogen and oxygen atoms in total. The van der Waals surface area contributed by atoms with E-state index >= 15 is 0 Å². The smallest absolute Gasteiger partial charge is 0.193 e. The fourth-order valence-corrected chi connectivity index (χ4v) is 1.85. The fourth-order valence-electron chi connectivity index (χ4n) is 1.85. The number of unbranched alkanes of at least 4 members (excludes halogenated alkanes) is 1. The van der Waals surface area contributed by atoms with E-state index in [1.54, 1.807) is 0 Å². The van der Waals surface area contributed by atoms with E-state index in [2.05, 4.69) is 53.4 Å². The van der Waals surface area contributed by atoms with E-state index in [0.29, 0.717) is 0 Å². The van der Waals surface area contributed by atoms with E-state index in [4.69, 9.17) is 0 Å². The highest BCUT2D eigenvalue weighted by molar-refractivity contribution is 14.0. The molecule has 0 spiro atoms. The SMILES string of the molecule is CCCCN(C)C(=NC)NCCc1ccccc1.I. The summed E-state index contributed by atoms with van der Waals surface area (Å²) >= 11 is 0. The lowest BCUT2D eigenvalue weighted by Crippen LogP contribution is -2.40. The van der Waals surface area contributed by atoms with Crippen LogP contribution in [0.15, 0.2) is 35.3 Å². The van der Waals surface area contributed by atoms with Crippen molar-refractivity contribution in [3.63, 3.8) is 0 Å². The predicted molar refractivity (Wildman–Crippen MR) is 94.5 cm³/mol. The van der Waals surface area contributed by atoms with Crippen molar-refractivity contribution in [1.29, 1.82) is 0 Å². The first-order valence-electron chi connectivity index (χ1n) is 6.73. The molecule has 0 aliphatic rings. The van der Waals surface area contributed by atoms with E-state index in [-0.39, 0.29) is 24.0 Å². The molecule has 0 amide bonds. The minimum Gasteiger partial charge on any atom is -0.356 e. The second-order valence-electron chi connectivity index (χ2n) is 4.48. The zero-order chi connectivity index (χ0) is 13.2. The summed E-state index contributed by atoms with van der Waals surface area (Å²) in [7, 11) is 3.93. The molecule has 0 bridgehead atoms. The molecule has 1 aromatic rings. The molecule has 108 valence electrons. The van der Waals surface area contributed by atoms with E-state index in [1.165, 1.54) is 18.4 Å². The Hall–Kier alpha value is -0.780. The van der Waals surface area contributed by atoms with Gasteiger partial charge in [-0.25, -0.2) is 0 Å². The van der Waals surface area contributed by atoms with Crippen LogP contribution in [-0.4, -0.2) is 38.0 Å². The Labute approximate surface area is 134 Å². The maximum absolute atomic E-state index is 4.30. The average Bonchev–Trinajstić information content (AvgIpc) is 2.42. The van der Waals surface area contributed by atoms with E-state index in [1.807, 2.05) is 13.1 Å². The molecule has 0 aliphatic heterocycles. The highest BCUT2D eigenvalue weighted by Crippen LogP contribution is 1.98. The quantitative estimate of drug-likeness (QED) is 0.470. The third-order valence-electron chi connectivity index (χ3n) is 2.96. The number of nitrogens with zero attached hydrogens (tertiary/aromatic N) is 2. The molecule has 0 aromatic heterocycles. The van der Waals surface area contributed by atoms with Crippen molar-refractivity contribution >= 4 is 29.9 Å². The zero-order valence-corrected chi connectivity index (χ0v) is 14.6. The van der Waals surface area contributed by atoms with Crippen molar-refractivity contribution in [2.75, 3.05) is 27.2 Å². The maximum Gasteiger partial charge on any atom is 0.193 e. The van der Waals surface area contributed by atoms with E-state index in [0.717, 1.165) is 25.5 Å². The highest BCUT2D eigenvalue weighted by atomic mass is 127. The van der Waals surface area contributed by atoms with Crippen molar-refractivity contribution < 1.29 is 0 Å². The Balaban J connectivity index is 0.00000324. The monoisotopic (exact) mass is 375 g/mol. The van der Waals surface area contributed by atoms with Crippen LogP contribution in [0.4, 0.5) is 0 Å². The lowest BCUT2D eigenvalue weighted by atomic mass is 10.1. The molecule has 0 unspecified atom stereocenters. The fraction of sp³-hybridized carbons (Fsp3) is 0.533. The zero-order valence-electron chi connectivity index (χ0n) is 12.2. The first-order valence-corrected chi connectivity index (χ1v) is 6.73. The van der Waals surface area contributed by atoms with Gasteiger partial charge >= 0.3 is 0 Å². The standard InChI is InChI=1S/C15H25N3.HI/c1-4-5-13-18(3)15(16-2)17-12-11-14-9-7-6-8-10-14;/h6-10H,4-5,11-13H2,1-3H3,(H,16,17);1H. The van der Waals surface area contributed by atoms with Crippen LogP contribution in [0.25, 0.3) is 0 Å². The molecular formula is C15H26IN3. The van der Waals surface area contributed by atoms with Crippen LogP contribution in [0.3, 0.4) is 0 Å². The Morgan fingerprint density at radius 1 is 1.26 bits per heavy atom. The number of aliphatic imine (C=N–C) groups is 1. The van der Waals surface area contributed by atoms with Crippen LogP contribution < -0.4 is 5.32 Å². The number of hydrogen-bond acceptors (Lipinski definition) is 1. The summed E-state index contributed by atoms with van der Waals surface area (Å²) < 4.78 is 0. The minimum absolute atomic E-state index is 0. The lowest BCUT2D eigenvalue weighted by Gasteiger charge is -2.21. The summed E-state index contributed by atoms with van der Waals surface area (Å²) in [5.74, 6) is 0.986. The summed E-state index contributed by atoms with van der Waals surface area (Å²) in [6, 6.07) is 10.5. The van der Waals surface area contributed by atoms with Crippen LogP contribution in [0, 0.1) is 0 Å². The second-order valence-corrected chi connectivity index (χ2v) is 4.48. The van der Waals surface area contributed by atoms with Crippen LogP contribution in [0.1, 0.15) is 25.3 Å². The van der Waals surface area contributed by atoms with Gasteiger partial charge in [-0.1, -0.05) is 43.7 Å². The number of nitrogens with one attached hydrogen (secondary N) is 1. The van der Waals surface area contributed by atoms with Crippen LogP contribution in [0.2, 0.25) is 0 Å². The van der Waals surface area contributed by atoms with Crippen molar-refractivity contribution in [3.8, 4) is 0 Å². The second kappa shape index (κ2) is 11.1. The molecule has 0 heterocycles. The molecule has 1 aromatic carbocycles. The lowest BCUT2D eigenvalue weighted by molar-refractivity contribution is 0.465. The Kier molecular flexibility index (Phi) is 10.6. The third-order valence-corrected chi connectivity index (χ3v) is 2.96. The number of benzene rings is 1. The maximum atomic E-state index is 4.30. The normalized spacial score (nSPS) is 10.8. The van der Waals surface area contributed by atoms with Gasteiger partial charge in [0.25, 0.3) is 0 Å². The average molecular weight is 375 g/mol. The van der Waals surface area contributed by atoms with Crippen molar-refractivity contribution in [2.45, 2.75) is 26.2 Å². The summed E-state index contributed by atoms with van der Waals surface area (Å²) in [6.07, 6.45) is 3.45. The number of halogens is 1. The number of guanidine groups is 1. The molecule has 0 aliphatic carbocycles. The van der Waals surface area contributed by atoms with Crippen molar-refractivity contribution in [2.24, 2.45) is 4.99 Å². The van der Waals surface area contributed by atoms with Gasteiger partial charge in [-0.15, -0.1) is 24.0 Å². The minimum atomic E-state index is 0. The van der Waals surface area contributed by atoms with Crippen LogP contribution >= 0.6 is 24.0 Å². The number of hydrogen-bond donors (Lipinski definition) is 1. The first kappa shape index (κ1) is 18.2. The summed E-state index contributed by atoms with van der Waals surface area (Å²) in [5, 5.41) is 3.40. The largest absolute Gasteiger partial charge is 0.356 e. The Morgan fingerprint density at radius 3 is 2.53 bits per heavy atom. The van der Waals surface area contributed by atoms with Crippen molar-refractivity contribution in [1.82, 2.24) is 10.2 Å². The van der Waals surface area contributed by atoms with Crippen LogP contribution in [-0.2, 0) is 6.42 Å². The van der Waals surface area contributed by atoms with Gasteiger partial charge in [-0.2, -0.15) is 0 Å². The molecule has 0 saturated carbocycles. The van der Waals surface area contributed by atoms with Gasteiger partial charge in [0, 0.05) is 27.2 Å². The van der Waals surface area contributed by atoms with Gasteiger partial charge in [0.15, 0.2) is 5.96 Å². The predicted octanol–water partition coefficient (Wildman–Crippen LogP) is 3.15. The summed E-state index contributed by atoms with van der Waals surface area (Å²) in [4.78, 5) is 6.49. The summed E-state index contributed by atoms with van der Waals surface area (Å²) in [6.45, 7) is 4.19. The van der Waals surface area contributed by atoms with Gasteiger partial charge in [0.05, 0.1) is 0 Å².